The lowest BCUT2D eigenvalue weighted by atomic mass is 10.1. The van der Waals surface area contributed by atoms with Crippen molar-refractivity contribution in [2.24, 2.45) is 11.7 Å². The number of methoxy groups -OCH3 is 1. The van der Waals surface area contributed by atoms with E-state index in [1.807, 2.05) is 0 Å². The maximum Gasteiger partial charge on any atom is 0.165 e. The minimum atomic E-state index is -0.383. The molecule has 3 nitrogen and oxygen atoms in total. The standard InChI is InChI=1S/C15H22FNO2/c1-18-15-7-6-12(8-13(15)16)14(17)10-19-9-11-4-2-3-5-11/h6-8,11,14H,2-5,9-10,17H2,1H3. The molecule has 2 N–H and O–H groups in total. The highest BCUT2D eigenvalue weighted by molar-refractivity contribution is 5.30. The van der Waals surface area contributed by atoms with Crippen LogP contribution in [0.5, 0.6) is 5.75 Å². The quantitative estimate of drug-likeness (QED) is 0.861. The van der Waals surface area contributed by atoms with Crippen molar-refractivity contribution >= 4 is 0 Å². The van der Waals surface area contributed by atoms with E-state index < -0.39 is 0 Å². The van der Waals surface area contributed by atoms with Gasteiger partial charge in [0.05, 0.1) is 19.8 Å². The first-order valence-corrected chi connectivity index (χ1v) is 6.87. The van der Waals surface area contributed by atoms with Crippen molar-refractivity contribution in [2.75, 3.05) is 20.3 Å². The van der Waals surface area contributed by atoms with E-state index in [-0.39, 0.29) is 17.6 Å². The first-order chi connectivity index (χ1) is 9.20. The zero-order valence-electron chi connectivity index (χ0n) is 11.4. The Morgan fingerprint density at radius 1 is 1.37 bits per heavy atom. The lowest BCUT2D eigenvalue weighted by Gasteiger charge is -2.15. The Hall–Kier alpha value is -1.13. The van der Waals surface area contributed by atoms with Gasteiger partial charge in [0, 0.05) is 6.61 Å². The first kappa shape index (κ1) is 14.3. The van der Waals surface area contributed by atoms with Gasteiger partial charge in [-0.25, -0.2) is 4.39 Å². The molecule has 1 unspecified atom stereocenters. The second-order valence-electron chi connectivity index (χ2n) is 5.19. The van der Waals surface area contributed by atoms with Crippen LogP contribution in [0.25, 0.3) is 0 Å². The van der Waals surface area contributed by atoms with Gasteiger partial charge >= 0.3 is 0 Å². The molecule has 0 amide bonds. The van der Waals surface area contributed by atoms with E-state index in [0.717, 1.165) is 12.2 Å². The molecule has 1 fully saturated rings. The molecule has 19 heavy (non-hydrogen) atoms. The van der Waals surface area contributed by atoms with Crippen LogP contribution in [-0.4, -0.2) is 20.3 Å². The van der Waals surface area contributed by atoms with E-state index in [0.29, 0.717) is 12.5 Å². The first-order valence-electron chi connectivity index (χ1n) is 6.87. The summed E-state index contributed by atoms with van der Waals surface area (Å²) in [6, 6.07) is 4.51. The van der Waals surface area contributed by atoms with Crippen molar-refractivity contribution in [2.45, 2.75) is 31.7 Å². The highest BCUT2D eigenvalue weighted by Crippen LogP contribution is 2.25. The molecule has 0 aliphatic heterocycles. The smallest absolute Gasteiger partial charge is 0.165 e. The van der Waals surface area contributed by atoms with Gasteiger partial charge in [0.15, 0.2) is 11.6 Å². The second-order valence-corrected chi connectivity index (χ2v) is 5.19. The predicted molar refractivity (Wildman–Crippen MR) is 72.7 cm³/mol. The molecule has 1 saturated carbocycles. The molecule has 0 aromatic heterocycles. The number of hydrogen-bond acceptors (Lipinski definition) is 3. The summed E-state index contributed by atoms with van der Waals surface area (Å²) in [5.41, 5.74) is 6.75. The van der Waals surface area contributed by atoms with Crippen LogP contribution in [0.4, 0.5) is 4.39 Å². The molecule has 1 aromatic rings. The Morgan fingerprint density at radius 2 is 2.11 bits per heavy atom. The zero-order chi connectivity index (χ0) is 13.7. The second kappa shape index (κ2) is 6.87. The van der Waals surface area contributed by atoms with Gasteiger partial charge in [0.25, 0.3) is 0 Å². The van der Waals surface area contributed by atoms with Gasteiger partial charge in [-0.05, 0) is 36.5 Å². The van der Waals surface area contributed by atoms with Crippen LogP contribution in [-0.2, 0) is 4.74 Å². The molecule has 2 rings (SSSR count). The zero-order valence-corrected chi connectivity index (χ0v) is 11.4. The Kier molecular flexibility index (Phi) is 5.16. The molecule has 0 radical (unpaired) electrons. The number of nitrogens with two attached hydrogens (primary N) is 1. The molecule has 0 spiro atoms. The van der Waals surface area contributed by atoms with E-state index in [1.165, 1.54) is 38.9 Å². The molecule has 106 valence electrons. The molecule has 4 heteroatoms. The van der Waals surface area contributed by atoms with E-state index in [2.05, 4.69) is 0 Å². The monoisotopic (exact) mass is 267 g/mol. The van der Waals surface area contributed by atoms with E-state index >= 15 is 0 Å². The largest absolute Gasteiger partial charge is 0.494 e. The number of benzene rings is 1. The van der Waals surface area contributed by atoms with Gasteiger partial charge in [0.1, 0.15) is 0 Å². The van der Waals surface area contributed by atoms with Gasteiger partial charge in [-0.15, -0.1) is 0 Å². The van der Waals surface area contributed by atoms with Crippen molar-refractivity contribution in [3.8, 4) is 5.75 Å². The van der Waals surface area contributed by atoms with Crippen LogP contribution < -0.4 is 10.5 Å². The number of hydrogen-bond donors (Lipinski definition) is 1. The predicted octanol–water partition coefficient (Wildman–Crippen LogP) is 3.04. The van der Waals surface area contributed by atoms with Crippen molar-refractivity contribution in [3.63, 3.8) is 0 Å². The summed E-state index contributed by atoms with van der Waals surface area (Å²) in [7, 11) is 1.45. The van der Waals surface area contributed by atoms with Gasteiger partial charge in [-0.3, -0.25) is 0 Å². The van der Waals surface area contributed by atoms with Crippen LogP contribution in [0.1, 0.15) is 37.3 Å². The van der Waals surface area contributed by atoms with Crippen molar-refractivity contribution in [3.05, 3.63) is 29.6 Å². The third-order valence-electron chi connectivity index (χ3n) is 3.73. The van der Waals surface area contributed by atoms with Crippen LogP contribution >= 0.6 is 0 Å². The molecule has 0 heterocycles. The van der Waals surface area contributed by atoms with Gasteiger partial charge in [-0.1, -0.05) is 18.9 Å². The highest BCUT2D eigenvalue weighted by Gasteiger charge is 2.16. The molecule has 1 aliphatic carbocycles. The third kappa shape index (κ3) is 3.91. The summed E-state index contributed by atoms with van der Waals surface area (Å²) < 4.78 is 24.1. The summed E-state index contributed by atoms with van der Waals surface area (Å²) in [5.74, 6) is 0.536. The lowest BCUT2D eigenvalue weighted by molar-refractivity contribution is 0.0904. The molecule has 0 bridgehead atoms. The van der Waals surface area contributed by atoms with Crippen LogP contribution in [0.3, 0.4) is 0 Å². The fourth-order valence-electron chi connectivity index (χ4n) is 2.55. The minimum absolute atomic E-state index is 0.239. The summed E-state index contributed by atoms with van der Waals surface area (Å²) >= 11 is 0. The topological polar surface area (TPSA) is 44.5 Å². The summed E-state index contributed by atoms with van der Waals surface area (Å²) in [4.78, 5) is 0. The number of ether oxygens (including phenoxy) is 2. The Labute approximate surface area is 113 Å². The molecule has 1 aromatic carbocycles. The summed E-state index contributed by atoms with van der Waals surface area (Å²) in [6.45, 7) is 1.20. The van der Waals surface area contributed by atoms with Gasteiger partial charge in [-0.2, -0.15) is 0 Å². The van der Waals surface area contributed by atoms with Gasteiger partial charge < -0.3 is 15.2 Å². The average Bonchev–Trinajstić information content (AvgIpc) is 2.91. The van der Waals surface area contributed by atoms with Crippen LogP contribution in [0.2, 0.25) is 0 Å². The summed E-state index contributed by atoms with van der Waals surface area (Å²) in [5, 5.41) is 0. The molecule has 0 saturated heterocycles. The van der Waals surface area contributed by atoms with E-state index in [1.54, 1.807) is 12.1 Å². The number of rotatable bonds is 6. The van der Waals surface area contributed by atoms with Crippen molar-refractivity contribution in [1.29, 1.82) is 0 Å². The number of halogens is 1. The maximum absolute atomic E-state index is 13.6. The maximum atomic E-state index is 13.6. The minimum Gasteiger partial charge on any atom is -0.494 e. The average molecular weight is 267 g/mol. The normalized spacial score (nSPS) is 17.6. The molecular formula is C15H22FNO2. The Bertz CT molecular complexity index is 405. The molecule has 1 aliphatic rings. The molecule has 1 atom stereocenters. The van der Waals surface area contributed by atoms with Crippen molar-refractivity contribution < 1.29 is 13.9 Å². The molecular weight excluding hydrogens is 245 g/mol. The summed E-state index contributed by atoms with van der Waals surface area (Å²) in [6.07, 6.45) is 5.13. The van der Waals surface area contributed by atoms with Crippen LogP contribution in [0, 0.1) is 11.7 Å². The fourth-order valence-corrected chi connectivity index (χ4v) is 2.55. The van der Waals surface area contributed by atoms with E-state index in [9.17, 15) is 4.39 Å². The lowest BCUT2D eigenvalue weighted by Crippen LogP contribution is -2.19. The van der Waals surface area contributed by atoms with E-state index in [4.69, 9.17) is 15.2 Å². The SMILES string of the molecule is COc1ccc(C(N)COCC2CCCC2)cc1F. The Morgan fingerprint density at radius 3 is 2.74 bits per heavy atom. The van der Waals surface area contributed by atoms with Gasteiger partial charge in [0.2, 0.25) is 0 Å². The van der Waals surface area contributed by atoms with Crippen LogP contribution in [0.15, 0.2) is 18.2 Å². The van der Waals surface area contributed by atoms with Crippen molar-refractivity contribution in [1.82, 2.24) is 0 Å². The Balaban J connectivity index is 1.81. The fraction of sp³-hybridized carbons (Fsp3) is 0.600. The third-order valence-corrected chi connectivity index (χ3v) is 3.73. The highest BCUT2D eigenvalue weighted by atomic mass is 19.1.